The summed E-state index contributed by atoms with van der Waals surface area (Å²) in [5.74, 6) is -0.499. The van der Waals surface area contributed by atoms with Gasteiger partial charge < -0.3 is 9.47 Å². The van der Waals surface area contributed by atoms with E-state index in [-0.39, 0.29) is 11.9 Å². The standard InChI is InChI=1S/C17H34O4Si/c1-9-17(4,13-16(2,3)14(18)20-5)15(19)21-11-10-12-22(6,7)8/h9-13H2,1-8H3. The van der Waals surface area contributed by atoms with Crippen LogP contribution >= 0.6 is 0 Å². The number of esters is 2. The number of hydrogen-bond donors (Lipinski definition) is 0. The summed E-state index contributed by atoms with van der Waals surface area (Å²) in [6.07, 6.45) is 1.98. The summed E-state index contributed by atoms with van der Waals surface area (Å²) in [5, 5.41) is 0. The molecule has 0 aromatic rings. The van der Waals surface area contributed by atoms with Crippen molar-refractivity contribution in [3.63, 3.8) is 0 Å². The van der Waals surface area contributed by atoms with Gasteiger partial charge in [-0.2, -0.15) is 0 Å². The molecule has 130 valence electrons. The van der Waals surface area contributed by atoms with Gasteiger partial charge in [-0.1, -0.05) is 32.6 Å². The molecule has 5 heteroatoms. The number of carbonyl (C=O) groups is 2. The van der Waals surface area contributed by atoms with E-state index in [1.807, 2.05) is 27.7 Å². The van der Waals surface area contributed by atoms with Crippen molar-refractivity contribution in [2.45, 2.75) is 72.6 Å². The molecule has 0 saturated carbocycles. The van der Waals surface area contributed by atoms with Crippen LogP contribution in [0.3, 0.4) is 0 Å². The molecule has 1 unspecified atom stereocenters. The highest BCUT2D eigenvalue weighted by molar-refractivity contribution is 6.76. The number of ether oxygens (including phenoxy) is 2. The molecular weight excluding hydrogens is 296 g/mol. The van der Waals surface area contributed by atoms with Gasteiger partial charge in [0.05, 0.1) is 24.5 Å². The molecule has 0 amide bonds. The third-order valence-electron chi connectivity index (χ3n) is 4.15. The van der Waals surface area contributed by atoms with E-state index in [1.165, 1.54) is 7.11 Å². The number of hydrogen-bond acceptors (Lipinski definition) is 4. The van der Waals surface area contributed by atoms with Crippen LogP contribution in [0.15, 0.2) is 0 Å². The van der Waals surface area contributed by atoms with Gasteiger partial charge in [-0.15, -0.1) is 0 Å². The summed E-state index contributed by atoms with van der Waals surface area (Å²) < 4.78 is 10.3. The van der Waals surface area contributed by atoms with Crippen LogP contribution in [0.1, 0.15) is 47.0 Å². The largest absolute Gasteiger partial charge is 0.469 e. The van der Waals surface area contributed by atoms with Crippen LogP contribution in [0, 0.1) is 10.8 Å². The van der Waals surface area contributed by atoms with Crippen molar-refractivity contribution in [2.24, 2.45) is 10.8 Å². The molecule has 0 radical (unpaired) electrons. The Hall–Kier alpha value is -0.843. The second-order valence-corrected chi connectivity index (χ2v) is 13.9. The SMILES string of the molecule is CCC(C)(CC(C)(C)C(=O)OC)C(=O)OCCC[Si](C)(C)C. The maximum absolute atomic E-state index is 12.4. The topological polar surface area (TPSA) is 52.6 Å². The molecule has 0 aliphatic heterocycles. The molecule has 0 spiro atoms. The van der Waals surface area contributed by atoms with E-state index in [9.17, 15) is 9.59 Å². The minimum Gasteiger partial charge on any atom is -0.469 e. The summed E-state index contributed by atoms with van der Waals surface area (Å²) in [7, 11) is 0.283. The fraction of sp³-hybridized carbons (Fsp3) is 0.882. The third kappa shape index (κ3) is 6.94. The quantitative estimate of drug-likeness (QED) is 0.360. The fourth-order valence-electron chi connectivity index (χ4n) is 2.61. The Bertz CT molecular complexity index is 385. The maximum atomic E-state index is 12.4. The molecule has 0 heterocycles. The minimum absolute atomic E-state index is 0.206. The molecular formula is C17H34O4Si. The van der Waals surface area contributed by atoms with E-state index in [4.69, 9.17) is 9.47 Å². The molecule has 0 N–H and O–H groups in total. The van der Waals surface area contributed by atoms with Crippen LogP contribution in [-0.4, -0.2) is 33.7 Å². The van der Waals surface area contributed by atoms with Crippen LogP contribution in [0.5, 0.6) is 0 Å². The molecule has 0 saturated heterocycles. The highest BCUT2D eigenvalue weighted by Gasteiger charge is 2.42. The first-order chi connectivity index (χ1) is 9.88. The van der Waals surface area contributed by atoms with E-state index in [0.29, 0.717) is 19.4 Å². The van der Waals surface area contributed by atoms with E-state index < -0.39 is 18.9 Å². The summed E-state index contributed by atoms with van der Waals surface area (Å²) >= 11 is 0. The average molecular weight is 331 g/mol. The van der Waals surface area contributed by atoms with Gasteiger partial charge in [0, 0.05) is 8.07 Å². The summed E-state index contributed by atoms with van der Waals surface area (Å²) in [5.41, 5.74) is -1.35. The molecule has 0 aliphatic carbocycles. The Kier molecular flexibility index (Phi) is 7.82. The van der Waals surface area contributed by atoms with Crippen molar-refractivity contribution in [1.82, 2.24) is 0 Å². The van der Waals surface area contributed by atoms with E-state index in [0.717, 1.165) is 12.5 Å². The van der Waals surface area contributed by atoms with Gasteiger partial charge in [0.1, 0.15) is 0 Å². The zero-order valence-corrected chi connectivity index (χ0v) is 16.7. The normalized spacial score (nSPS) is 15.1. The van der Waals surface area contributed by atoms with E-state index >= 15 is 0 Å². The third-order valence-corrected chi connectivity index (χ3v) is 6.00. The zero-order valence-electron chi connectivity index (χ0n) is 15.7. The van der Waals surface area contributed by atoms with Crippen molar-refractivity contribution in [3.8, 4) is 0 Å². The zero-order chi connectivity index (χ0) is 17.6. The van der Waals surface area contributed by atoms with Crippen molar-refractivity contribution in [1.29, 1.82) is 0 Å². The van der Waals surface area contributed by atoms with Gasteiger partial charge in [-0.05, 0) is 40.0 Å². The monoisotopic (exact) mass is 330 g/mol. The predicted octanol–water partition coefficient (Wildman–Crippen LogP) is 4.26. The lowest BCUT2D eigenvalue weighted by Crippen LogP contribution is -2.38. The van der Waals surface area contributed by atoms with Gasteiger partial charge in [-0.3, -0.25) is 9.59 Å². The second kappa shape index (κ2) is 8.13. The van der Waals surface area contributed by atoms with Crippen molar-refractivity contribution < 1.29 is 19.1 Å². The number of methoxy groups -OCH3 is 1. The molecule has 22 heavy (non-hydrogen) atoms. The van der Waals surface area contributed by atoms with Crippen LogP contribution in [0.2, 0.25) is 25.7 Å². The maximum Gasteiger partial charge on any atom is 0.311 e. The highest BCUT2D eigenvalue weighted by Crippen LogP contribution is 2.38. The van der Waals surface area contributed by atoms with Crippen molar-refractivity contribution in [2.75, 3.05) is 13.7 Å². The van der Waals surface area contributed by atoms with Crippen LogP contribution in [0.25, 0.3) is 0 Å². The van der Waals surface area contributed by atoms with Gasteiger partial charge in [0.15, 0.2) is 0 Å². The van der Waals surface area contributed by atoms with Gasteiger partial charge in [-0.25, -0.2) is 0 Å². The van der Waals surface area contributed by atoms with Gasteiger partial charge in [0.2, 0.25) is 0 Å². The molecule has 0 aromatic heterocycles. The Balaban J connectivity index is 4.65. The lowest BCUT2D eigenvalue weighted by atomic mass is 9.72. The summed E-state index contributed by atoms with van der Waals surface area (Å²) in [6.45, 7) is 14.8. The molecule has 0 aliphatic rings. The van der Waals surface area contributed by atoms with Gasteiger partial charge >= 0.3 is 11.9 Å². The second-order valence-electron chi connectivity index (χ2n) is 8.27. The van der Waals surface area contributed by atoms with E-state index in [1.54, 1.807) is 0 Å². The molecule has 4 nitrogen and oxygen atoms in total. The molecule has 0 aromatic carbocycles. The molecule has 0 rings (SSSR count). The molecule has 1 atom stereocenters. The molecule has 0 bridgehead atoms. The Morgan fingerprint density at radius 1 is 1.05 bits per heavy atom. The van der Waals surface area contributed by atoms with Crippen molar-refractivity contribution >= 4 is 20.0 Å². The van der Waals surface area contributed by atoms with Gasteiger partial charge in [0.25, 0.3) is 0 Å². The Labute approximate surface area is 137 Å². The average Bonchev–Trinajstić information content (AvgIpc) is 2.40. The molecule has 0 fully saturated rings. The smallest absolute Gasteiger partial charge is 0.311 e. The fourth-order valence-corrected chi connectivity index (χ4v) is 3.81. The first kappa shape index (κ1) is 21.2. The summed E-state index contributed by atoms with van der Waals surface area (Å²) in [4.78, 5) is 24.3. The number of rotatable bonds is 9. The Morgan fingerprint density at radius 2 is 1.59 bits per heavy atom. The van der Waals surface area contributed by atoms with Crippen LogP contribution in [-0.2, 0) is 19.1 Å². The van der Waals surface area contributed by atoms with Crippen LogP contribution in [0.4, 0.5) is 0 Å². The first-order valence-corrected chi connectivity index (χ1v) is 11.8. The van der Waals surface area contributed by atoms with Crippen molar-refractivity contribution in [3.05, 3.63) is 0 Å². The predicted molar refractivity (Wildman–Crippen MR) is 92.5 cm³/mol. The minimum atomic E-state index is -1.09. The highest BCUT2D eigenvalue weighted by atomic mass is 28.3. The van der Waals surface area contributed by atoms with E-state index in [2.05, 4.69) is 19.6 Å². The number of carbonyl (C=O) groups excluding carboxylic acids is 2. The Morgan fingerprint density at radius 3 is 2.00 bits per heavy atom. The lowest BCUT2D eigenvalue weighted by molar-refractivity contribution is -0.161. The van der Waals surface area contributed by atoms with Crippen LogP contribution < -0.4 is 0 Å². The first-order valence-electron chi connectivity index (χ1n) is 8.13. The lowest BCUT2D eigenvalue weighted by Gasteiger charge is -2.33. The summed E-state index contributed by atoms with van der Waals surface area (Å²) in [6, 6.07) is 1.15.